The lowest BCUT2D eigenvalue weighted by Gasteiger charge is -2.19. The van der Waals surface area contributed by atoms with Crippen molar-refractivity contribution in [1.29, 1.82) is 0 Å². The smallest absolute Gasteiger partial charge is 0.332 e. The number of rotatable bonds is 6. The monoisotopic (exact) mass is 309 g/mol. The van der Waals surface area contributed by atoms with Gasteiger partial charge >= 0.3 is 5.69 Å². The van der Waals surface area contributed by atoms with Gasteiger partial charge in [0.15, 0.2) is 11.2 Å². The van der Waals surface area contributed by atoms with E-state index >= 15 is 0 Å². The van der Waals surface area contributed by atoms with E-state index < -0.39 is 5.54 Å². The number of aryl methyl sites for hydroxylation is 1. The molecule has 8 heteroatoms. The van der Waals surface area contributed by atoms with E-state index in [4.69, 9.17) is 10.5 Å². The molecule has 0 fully saturated rings. The van der Waals surface area contributed by atoms with Crippen LogP contribution in [0.25, 0.3) is 11.2 Å². The SMILES string of the molecule is COCCCn1c(=O)n(C)c(=O)c2c1ncn2CC(C)(C)N. The van der Waals surface area contributed by atoms with E-state index in [0.29, 0.717) is 37.3 Å². The van der Waals surface area contributed by atoms with Crippen molar-refractivity contribution in [3.05, 3.63) is 27.2 Å². The van der Waals surface area contributed by atoms with E-state index in [0.717, 1.165) is 4.57 Å². The summed E-state index contributed by atoms with van der Waals surface area (Å²) < 4.78 is 9.34. The quantitative estimate of drug-likeness (QED) is 0.737. The summed E-state index contributed by atoms with van der Waals surface area (Å²) in [5, 5.41) is 0. The number of nitrogens with zero attached hydrogens (tertiary/aromatic N) is 4. The molecule has 2 aromatic heterocycles. The molecular weight excluding hydrogens is 286 g/mol. The van der Waals surface area contributed by atoms with Crippen molar-refractivity contribution in [2.75, 3.05) is 13.7 Å². The first-order chi connectivity index (χ1) is 10.3. The van der Waals surface area contributed by atoms with Crippen LogP contribution in [0, 0.1) is 0 Å². The van der Waals surface area contributed by atoms with Gasteiger partial charge < -0.3 is 15.0 Å². The van der Waals surface area contributed by atoms with Crippen LogP contribution in [0.3, 0.4) is 0 Å². The van der Waals surface area contributed by atoms with Crippen LogP contribution in [-0.4, -0.2) is 37.9 Å². The first-order valence-corrected chi connectivity index (χ1v) is 7.19. The number of fused-ring (bicyclic) bond motifs is 1. The van der Waals surface area contributed by atoms with Crippen LogP contribution in [-0.2, 0) is 24.9 Å². The third-order valence-electron chi connectivity index (χ3n) is 3.41. The summed E-state index contributed by atoms with van der Waals surface area (Å²) in [6.45, 7) is 5.17. The molecule has 2 N–H and O–H groups in total. The van der Waals surface area contributed by atoms with Crippen molar-refractivity contribution in [1.82, 2.24) is 18.7 Å². The number of nitrogens with two attached hydrogens (primary N) is 1. The van der Waals surface area contributed by atoms with Gasteiger partial charge in [-0.2, -0.15) is 0 Å². The molecule has 2 aromatic rings. The van der Waals surface area contributed by atoms with Crippen molar-refractivity contribution in [3.63, 3.8) is 0 Å². The summed E-state index contributed by atoms with van der Waals surface area (Å²) in [6.07, 6.45) is 2.23. The maximum Gasteiger partial charge on any atom is 0.332 e. The van der Waals surface area contributed by atoms with Crippen LogP contribution in [0.5, 0.6) is 0 Å². The minimum Gasteiger partial charge on any atom is -0.385 e. The summed E-state index contributed by atoms with van der Waals surface area (Å²) in [4.78, 5) is 29.0. The molecule has 22 heavy (non-hydrogen) atoms. The summed E-state index contributed by atoms with van der Waals surface area (Å²) in [5.41, 5.74) is 5.61. The van der Waals surface area contributed by atoms with Crippen LogP contribution >= 0.6 is 0 Å². The molecule has 0 aliphatic rings. The Balaban J connectivity index is 2.62. The highest BCUT2D eigenvalue weighted by atomic mass is 16.5. The summed E-state index contributed by atoms with van der Waals surface area (Å²) in [6, 6.07) is 0. The van der Waals surface area contributed by atoms with Crippen LogP contribution in [0.2, 0.25) is 0 Å². The van der Waals surface area contributed by atoms with Gasteiger partial charge in [-0.3, -0.25) is 13.9 Å². The zero-order chi connectivity index (χ0) is 16.5. The van der Waals surface area contributed by atoms with Crippen molar-refractivity contribution >= 4 is 11.2 Å². The standard InChI is InChI=1S/C14H23N5O3/c1-14(2,15)8-18-9-16-11-10(18)12(20)17(3)13(21)19(11)6-5-7-22-4/h9H,5-8,15H2,1-4H3. The van der Waals surface area contributed by atoms with Crippen molar-refractivity contribution in [3.8, 4) is 0 Å². The van der Waals surface area contributed by atoms with E-state index in [-0.39, 0.29) is 11.2 Å². The maximum atomic E-state index is 12.4. The Hall–Kier alpha value is -1.93. The molecule has 0 unspecified atom stereocenters. The third kappa shape index (κ3) is 3.12. The normalized spacial score (nSPS) is 12.2. The Morgan fingerprint density at radius 2 is 2.05 bits per heavy atom. The summed E-state index contributed by atoms with van der Waals surface area (Å²) in [7, 11) is 3.08. The second kappa shape index (κ2) is 6.05. The number of imidazole rings is 1. The topological polar surface area (TPSA) is 97.1 Å². The molecular formula is C14H23N5O3. The lowest BCUT2D eigenvalue weighted by atomic mass is 10.1. The Morgan fingerprint density at radius 3 is 2.64 bits per heavy atom. The molecule has 8 nitrogen and oxygen atoms in total. The number of methoxy groups -OCH3 is 1. The van der Waals surface area contributed by atoms with Gasteiger partial charge in [-0.1, -0.05) is 0 Å². The first kappa shape index (κ1) is 16.4. The number of hydrogen-bond acceptors (Lipinski definition) is 5. The zero-order valence-corrected chi connectivity index (χ0v) is 13.5. The van der Waals surface area contributed by atoms with Gasteiger partial charge in [0.2, 0.25) is 0 Å². The molecule has 0 saturated carbocycles. The van der Waals surface area contributed by atoms with Crippen molar-refractivity contribution in [2.45, 2.75) is 38.9 Å². The van der Waals surface area contributed by atoms with E-state index in [2.05, 4.69) is 4.98 Å². The summed E-state index contributed by atoms with van der Waals surface area (Å²) in [5.74, 6) is 0. The predicted octanol–water partition coefficient (Wildman–Crippen LogP) is -0.329. The van der Waals surface area contributed by atoms with Gasteiger partial charge in [-0.15, -0.1) is 0 Å². The molecule has 0 bridgehead atoms. The van der Waals surface area contributed by atoms with Crippen molar-refractivity contribution < 1.29 is 4.74 Å². The molecule has 0 radical (unpaired) electrons. The Labute approximate surface area is 128 Å². The Kier molecular flexibility index (Phi) is 4.52. The highest BCUT2D eigenvalue weighted by Gasteiger charge is 2.19. The molecule has 2 rings (SSSR count). The minimum absolute atomic E-state index is 0.357. The van der Waals surface area contributed by atoms with E-state index in [1.165, 1.54) is 11.6 Å². The predicted molar refractivity (Wildman–Crippen MR) is 84.0 cm³/mol. The third-order valence-corrected chi connectivity index (χ3v) is 3.41. The largest absolute Gasteiger partial charge is 0.385 e. The molecule has 0 aliphatic carbocycles. The Bertz CT molecular complexity index is 779. The fraction of sp³-hybridized carbons (Fsp3) is 0.643. The lowest BCUT2D eigenvalue weighted by Crippen LogP contribution is -2.41. The molecule has 122 valence electrons. The van der Waals surface area contributed by atoms with Gasteiger partial charge in [-0.25, -0.2) is 9.78 Å². The second-order valence-electron chi connectivity index (χ2n) is 6.18. The molecule has 0 atom stereocenters. The maximum absolute atomic E-state index is 12.4. The Morgan fingerprint density at radius 1 is 1.36 bits per heavy atom. The van der Waals surface area contributed by atoms with E-state index in [1.807, 2.05) is 13.8 Å². The number of aromatic nitrogens is 4. The number of hydrogen-bond donors (Lipinski definition) is 1. The van der Waals surface area contributed by atoms with Crippen molar-refractivity contribution in [2.24, 2.45) is 12.8 Å². The fourth-order valence-corrected chi connectivity index (χ4v) is 2.43. The van der Waals surface area contributed by atoms with Crippen LogP contribution < -0.4 is 17.0 Å². The average molecular weight is 309 g/mol. The summed E-state index contributed by atoms with van der Waals surface area (Å²) >= 11 is 0. The highest BCUT2D eigenvalue weighted by Crippen LogP contribution is 2.11. The van der Waals surface area contributed by atoms with E-state index in [9.17, 15) is 9.59 Å². The number of ether oxygens (including phenoxy) is 1. The van der Waals surface area contributed by atoms with Crippen LogP contribution in [0.15, 0.2) is 15.9 Å². The van der Waals surface area contributed by atoms with Gasteiger partial charge in [-0.05, 0) is 20.3 Å². The second-order valence-corrected chi connectivity index (χ2v) is 6.18. The highest BCUT2D eigenvalue weighted by molar-refractivity contribution is 5.70. The molecule has 2 heterocycles. The molecule has 0 amide bonds. The average Bonchev–Trinajstić information content (AvgIpc) is 2.81. The van der Waals surface area contributed by atoms with Crippen LogP contribution in [0.1, 0.15) is 20.3 Å². The zero-order valence-electron chi connectivity index (χ0n) is 13.5. The first-order valence-electron chi connectivity index (χ1n) is 7.19. The fourth-order valence-electron chi connectivity index (χ4n) is 2.43. The molecule has 0 aliphatic heterocycles. The van der Waals surface area contributed by atoms with E-state index in [1.54, 1.807) is 18.0 Å². The van der Waals surface area contributed by atoms with Gasteiger partial charge in [0.1, 0.15) is 0 Å². The van der Waals surface area contributed by atoms with Crippen LogP contribution in [0.4, 0.5) is 0 Å². The van der Waals surface area contributed by atoms with Gasteiger partial charge in [0.25, 0.3) is 5.56 Å². The van der Waals surface area contributed by atoms with Gasteiger partial charge in [0, 0.05) is 39.4 Å². The minimum atomic E-state index is -0.490. The molecule has 0 spiro atoms. The molecule has 0 saturated heterocycles. The molecule has 0 aromatic carbocycles. The lowest BCUT2D eigenvalue weighted by molar-refractivity contribution is 0.190. The van der Waals surface area contributed by atoms with Gasteiger partial charge in [0.05, 0.1) is 6.33 Å².